The zero-order valence-electron chi connectivity index (χ0n) is 13.5. The molecule has 1 heterocycles. The number of hydrogen-bond donors (Lipinski definition) is 1. The lowest BCUT2D eigenvalue weighted by molar-refractivity contribution is -0.134. The lowest BCUT2D eigenvalue weighted by Crippen LogP contribution is -2.49. The Hall–Kier alpha value is -1.11. The highest BCUT2D eigenvalue weighted by Crippen LogP contribution is 2.17. The van der Waals surface area contributed by atoms with Crippen molar-refractivity contribution >= 4 is 21.7 Å². The van der Waals surface area contributed by atoms with E-state index in [-0.39, 0.29) is 43.0 Å². The third-order valence-electron chi connectivity index (χ3n) is 3.73. The Morgan fingerprint density at radius 1 is 1.29 bits per heavy atom. The van der Waals surface area contributed by atoms with Crippen LogP contribution in [0.2, 0.25) is 0 Å². The zero-order chi connectivity index (χ0) is 16.4. The number of hydrogen-bond acceptors (Lipinski definition) is 4. The van der Waals surface area contributed by atoms with E-state index in [1.54, 1.807) is 20.8 Å². The summed E-state index contributed by atoms with van der Waals surface area (Å²) in [5.41, 5.74) is 0. The van der Waals surface area contributed by atoms with Crippen molar-refractivity contribution < 1.29 is 18.0 Å². The first-order valence-electron chi connectivity index (χ1n) is 7.26. The van der Waals surface area contributed by atoms with Gasteiger partial charge in [-0.25, -0.2) is 8.42 Å². The molecular formula is C14H26N2O4S. The van der Waals surface area contributed by atoms with E-state index in [4.69, 9.17) is 0 Å². The van der Waals surface area contributed by atoms with Gasteiger partial charge in [-0.2, -0.15) is 0 Å². The summed E-state index contributed by atoms with van der Waals surface area (Å²) in [5.74, 6) is -0.467. The van der Waals surface area contributed by atoms with Gasteiger partial charge in [0.15, 0.2) is 9.84 Å². The van der Waals surface area contributed by atoms with Gasteiger partial charge in [0.25, 0.3) is 0 Å². The second kappa shape index (κ2) is 6.34. The van der Waals surface area contributed by atoms with Gasteiger partial charge >= 0.3 is 0 Å². The van der Waals surface area contributed by atoms with Crippen molar-refractivity contribution in [3.63, 3.8) is 0 Å². The molecule has 1 N–H and O–H groups in total. The maximum absolute atomic E-state index is 12.4. The molecular weight excluding hydrogens is 292 g/mol. The Morgan fingerprint density at radius 2 is 1.86 bits per heavy atom. The Balaban J connectivity index is 2.82. The average molecular weight is 318 g/mol. The Kier molecular flexibility index (Phi) is 5.41. The van der Waals surface area contributed by atoms with Crippen LogP contribution in [0.15, 0.2) is 0 Å². The highest BCUT2D eigenvalue weighted by Gasteiger charge is 2.34. The lowest BCUT2D eigenvalue weighted by atomic mass is 10.0. The third kappa shape index (κ3) is 4.43. The van der Waals surface area contributed by atoms with Crippen LogP contribution in [0.3, 0.4) is 0 Å². The standard InChI is InChI=1S/C14H26N2O4S/c1-10(2)12-13(18)16(7-6-11(17)15-12)8-9-21(19,20)14(3,4)5/h10,12H,6-9H2,1-5H3,(H,15,17). The number of sulfone groups is 1. The molecule has 1 aliphatic rings. The van der Waals surface area contributed by atoms with Gasteiger partial charge in [-0.05, 0) is 26.7 Å². The second-order valence-electron chi connectivity index (χ2n) is 6.80. The number of carbonyl (C=O) groups excluding carboxylic acids is 2. The van der Waals surface area contributed by atoms with Crippen molar-refractivity contribution in [1.82, 2.24) is 10.2 Å². The molecule has 1 saturated heterocycles. The van der Waals surface area contributed by atoms with Gasteiger partial charge in [0.05, 0.1) is 10.5 Å². The number of nitrogens with zero attached hydrogens (tertiary/aromatic N) is 1. The van der Waals surface area contributed by atoms with E-state index in [1.165, 1.54) is 4.90 Å². The minimum atomic E-state index is -3.28. The van der Waals surface area contributed by atoms with E-state index >= 15 is 0 Å². The monoisotopic (exact) mass is 318 g/mol. The predicted molar refractivity (Wildman–Crippen MR) is 81.5 cm³/mol. The van der Waals surface area contributed by atoms with Crippen LogP contribution in [0, 0.1) is 5.92 Å². The molecule has 0 bridgehead atoms. The SMILES string of the molecule is CC(C)C1NC(=O)CCN(CCS(=O)(=O)C(C)(C)C)C1=O. The van der Waals surface area contributed by atoms with Crippen molar-refractivity contribution in [3.05, 3.63) is 0 Å². The Labute approximate surface area is 127 Å². The van der Waals surface area contributed by atoms with Gasteiger partial charge in [0.2, 0.25) is 11.8 Å². The molecule has 21 heavy (non-hydrogen) atoms. The molecule has 1 atom stereocenters. The van der Waals surface area contributed by atoms with Gasteiger partial charge in [-0.15, -0.1) is 0 Å². The molecule has 6 nitrogen and oxygen atoms in total. The molecule has 0 radical (unpaired) electrons. The molecule has 0 spiro atoms. The van der Waals surface area contributed by atoms with Crippen LogP contribution >= 0.6 is 0 Å². The van der Waals surface area contributed by atoms with Gasteiger partial charge in [-0.1, -0.05) is 13.8 Å². The van der Waals surface area contributed by atoms with Crippen LogP contribution in [0.25, 0.3) is 0 Å². The summed E-state index contributed by atoms with van der Waals surface area (Å²) >= 11 is 0. The number of amides is 2. The van der Waals surface area contributed by atoms with Crippen LogP contribution in [0.1, 0.15) is 41.0 Å². The molecule has 1 fully saturated rings. The van der Waals surface area contributed by atoms with Crippen molar-refractivity contribution in [3.8, 4) is 0 Å². The summed E-state index contributed by atoms with van der Waals surface area (Å²) in [6.07, 6.45) is 0.213. The quantitative estimate of drug-likeness (QED) is 0.821. The molecule has 1 rings (SSSR count). The van der Waals surface area contributed by atoms with Gasteiger partial charge < -0.3 is 10.2 Å². The van der Waals surface area contributed by atoms with Gasteiger partial charge in [0.1, 0.15) is 6.04 Å². The summed E-state index contributed by atoms with van der Waals surface area (Å²) in [4.78, 5) is 25.5. The lowest BCUT2D eigenvalue weighted by Gasteiger charge is -2.27. The maximum Gasteiger partial charge on any atom is 0.245 e. The highest BCUT2D eigenvalue weighted by atomic mass is 32.2. The molecule has 7 heteroatoms. The molecule has 122 valence electrons. The fourth-order valence-corrected chi connectivity index (χ4v) is 3.13. The first kappa shape index (κ1) is 17.9. The first-order chi connectivity index (χ1) is 9.45. The van der Waals surface area contributed by atoms with Crippen molar-refractivity contribution in [2.75, 3.05) is 18.8 Å². The predicted octanol–water partition coefficient (Wildman–Crippen LogP) is 0.573. The molecule has 1 unspecified atom stereocenters. The minimum absolute atomic E-state index is 0.0266. The summed E-state index contributed by atoms with van der Waals surface area (Å²) in [6.45, 7) is 9.07. The zero-order valence-corrected chi connectivity index (χ0v) is 14.3. The fourth-order valence-electron chi connectivity index (χ4n) is 2.06. The number of nitrogens with one attached hydrogen (secondary N) is 1. The molecule has 0 aromatic carbocycles. The third-order valence-corrected chi connectivity index (χ3v) is 6.32. The van der Waals surface area contributed by atoms with E-state index in [0.717, 1.165) is 0 Å². The smallest absolute Gasteiger partial charge is 0.245 e. The number of carbonyl (C=O) groups is 2. The van der Waals surface area contributed by atoms with Crippen LogP contribution in [0.5, 0.6) is 0 Å². The molecule has 0 aromatic rings. The highest BCUT2D eigenvalue weighted by molar-refractivity contribution is 7.92. The summed E-state index contributed by atoms with van der Waals surface area (Å²) in [6, 6.07) is -0.572. The van der Waals surface area contributed by atoms with Crippen molar-refractivity contribution in [2.45, 2.75) is 51.8 Å². The minimum Gasteiger partial charge on any atom is -0.344 e. The Morgan fingerprint density at radius 3 is 2.33 bits per heavy atom. The van der Waals surface area contributed by atoms with Crippen LogP contribution < -0.4 is 5.32 Å². The van der Waals surface area contributed by atoms with Crippen molar-refractivity contribution in [1.29, 1.82) is 0 Å². The van der Waals surface area contributed by atoms with Gasteiger partial charge in [-0.3, -0.25) is 9.59 Å². The summed E-state index contributed by atoms with van der Waals surface area (Å²) < 4.78 is 23.5. The normalized spacial score (nSPS) is 21.4. The van der Waals surface area contributed by atoms with Crippen LogP contribution in [-0.4, -0.2) is 54.8 Å². The maximum atomic E-state index is 12.4. The second-order valence-corrected chi connectivity index (χ2v) is 9.66. The fraction of sp³-hybridized carbons (Fsp3) is 0.857. The van der Waals surface area contributed by atoms with E-state index < -0.39 is 20.6 Å². The Bertz CT molecular complexity index is 506. The van der Waals surface area contributed by atoms with Crippen molar-refractivity contribution in [2.24, 2.45) is 5.92 Å². The van der Waals surface area contributed by atoms with Crippen LogP contribution in [0.4, 0.5) is 0 Å². The van der Waals surface area contributed by atoms with E-state index in [0.29, 0.717) is 0 Å². The largest absolute Gasteiger partial charge is 0.344 e. The van der Waals surface area contributed by atoms with Gasteiger partial charge in [0, 0.05) is 19.5 Å². The summed E-state index contributed by atoms with van der Waals surface area (Å²) in [5, 5.41) is 2.71. The van der Waals surface area contributed by atoms with E-state index in [9.17, 15) is 18.0 Å². The molecule has 1 aliphatic heterocycles. The number of rotatable bonds is 4. The summed E-state index contributed by atoms with van der Waals surface area (Å²) in [7, 11) is -3.28. The van der Waals surface area contributed by atoms with Crippen LogP contribution in [-0.2, 0) is 19.4 Å². The molecule has 0 aromatic heterocycles. The topological polar surface area (TPSA) is 83.6 Å². The average Bonchev–Trinajstić information content (AvgIpc) is 2.46. The molecule has 2 amide bonds. The van der Waals surface area contributed by atoms with E-state index in [2.05, 4.69) is 5.32 Å². The van der Waals surface area contributed by atoms with E-state index in [1.807, 2.05) is 13.8 Å². The molecule has 0 saturated carbocycles. The molecule has 0 aliphatic carbocycles. The first-order valence-corrected chi connectivity index (χ1v) is 8.91.